The van der Waals surface area contributed by atoms with Crippen LogP contribution >= 0.6 is 22.6 Å². The van der Waals surface area contributed by atoms with E-state index in [1.807, 2.05) is 32.9 Å². The third-order valence-corrected chi connectivity index (χ3v) is 6.36. The molecule has 0 saturated carbocycles. The molecule has 2 amide bonds. The molecule has 1 aliphatic rings. The van der Waals surface area contributed by atoms with Crippen LogP contribution in [0.15, 0.2) is 46.9 Å². The first-order valence-electron chi connectivity index (χ1n) is 10.0. The molecule has 0 aliphatic carbocycles. The molecule has 0 spiro atoms. The van der Waals surface area contributed by atoms with Crippen molar-refractivity contribution in [3.8, 4) is 0 Å². The maximum atomic E-state index is 13.4. The highest BCUT2D eigenvalue weighted by molar-refractivity contribution is 14.1. The zero-order chi connectivity index (χ0) is 23.2. The molecule has 3 aromatic rings. The summed E-state index contributed by atoms with van der Waals surface area (Å²) in [5.41, 5.74) is 1.44. The predicted molar refractivity (Wildman–Crippen MR) is 124 cm³/mol. The molecule has 5 nitrogen and oxygen atoms in total. The number of amides is 2. The number of benzene rings is 2. The minimum Gasteiger partial charge on any atom is -0.464 e. The van der Waals surface area contributed by atoms with Gasteiger partial charge in [0, 0.05) is 27.3 Å². The van der Waals surface area contributed by atoms with Gasteiger partial charge in [-0.25, -0.2) is 8.78 Å². The lowest BCUT2D eigenvalue weighted by Gasteiger charge is -2.19. The maximum Gasteiger partial charge on any atom is 0.251 e. The molecule has 8 heteroatoms. The van der Waals surface area contributed by atoms with E-state index in [-0.39, 0.29) is 19.0 Å². The van der Waals surface area contributed by atoms with Crippen molar-refractivity contribution in [1.82, 2.24) is 5.32 Å². The first kappa shape index (κ1) is 22.4. The van der Waals surface area contributed by atoms with Crippen molar-refractivity contribution in [3.63, 3.8) is 0 Å². The van der Waals surface area contributed by atoms with Gasteiger partial charge in [0.1, 0.15) is 23.2 Å². The number of nitrogens with zero attached hydrogens (tertiary/aromatic N) is 1. The summed E-state index contributed by atoms with van der Waals surface area (Å²) in [5.74, 6) is -0.481. The van der Waals surface area contributed by atoms with Gasteiger partial charge in [-0.05, 0) is 85.3 Å². The zero-order valence-corrected chi connectivity index (χ0v) is 19.9. The zero-order valence-electron chi connectivity index (χ0n) is 17.8. The molecule has 32 heavy (non-hydrogen) atoms. The van der Waals surface area contributed by atoms with Crippen LogP contribution in [0, 0.1) is 22.1 Å². The molecular formula is C24H21F2IN2O3. The van der Waals surface area contributed by atoms with E-state index < -0.39 is 23.0 Å². The van der Waals surface area contributed by atoms with Gasteiger partial charge in [-0.2, -0.15) is 0 Å². The third-order valence-electron chi connectivity index (χ3n) is 5.51. The highest BCUT2D eigenvalue weighted by Gasteiger charge is 2.45. The molecule has 0 bridgehead atoms. The SMILES string of the molecule is Cc1ccc(CN2C(=O)C(C)(C)c3c(I)cc(C(=O)NCc4cc(F)cc(F)c4)cc32)o1. The topological polar surface area (TPSA) is 62.6 Å². The fourth-order valence-electron chi connectivity index (χ4n) is 3.99. The Kier molecular flexibility index (Phi) is 5.83. The van der Waals surface area contributed by atoms with Crippen LogP contribution in [-0.4, -0.2) is 11.8 Å². The minimum atomic E-state index is -0.748. The van der Waals surface area contributed by atoms with Gasteiger partial charge in [0.25, 0.3) is 5.91 Å². The summed E-state index contributed by atoms with van der Waals surface area (Å²) in [4.78, 5) is 27.7. The van der Waals surface area contributed by atoms with Crippen LogP contribution in [-0.2, 0) is 23.3 Å². The van der Waals surface area contributed by atoms with Gasteiger partial charge in [-0.15, -0.1) is 0 Å². The van der Waals surface area contributed by atoms with Gasteiger partial charge >= 0.3 is 0 Å². The molecule has 1 aliphatic heterocycles. The second-order valence-corrected chi connectivity index (χ2v) is 9.50. The van der Waals surface area contributed by atoms with Crippen molar-refractivity contribution in [1.29, 1.82) is 0 Å². The van der Waals surface area contributed by atoms with Crippen molar-refractivity contribution >= 4 is 40.1 Å². The Bertz CT molecular complexity index is 1220. The Morgan fingerprint density at radius 2 is 1.81 bits per heavy atom. The van der Waals surface area contributed by atoms with E-state index in [9.17, 15) is 18.4 Å². The summed E-state index contributed by atoms with van der Waals surface area (Å²) in [6.07, 6.45) is 0. The number of fused-ring (bicyclic) bond motifs is 1. The Balaban J connectivity index is 1.63. The van der Waals surface area contributed by atoms with Crippen LogP contribution in [0.4, 0.5) is 14.5 Å². The van der Waals surface area contributed by atoms with Gasteiger partial charge in [0.2, 0.25) is 5.91 Å². The largest absolute Gasteiger partial charge is 0.464 e. The molecule has 0 radical (unpaired) electrons. The van der Waals surface area contributed by atoms with E-state index >= 15 is 0 Å². The van der Waals surface area contributed by atoms with E-state index in [0.717, 1.165) is 21.0 Å². The van der Waals surface area contributed by atoms with Crippen LogP contribution in [0.1, 0.15) is 46.9 Å². The number of carbonyl (C=O) groups is 2. The van der Waals surface area contributed by atoms with E-state index in [1.165, 1.54) is 12.1 Å². The molecule has 0 fully saturated rings. The van der Waals surface area contributed by atoms with Crippen molar-refractivity contribution in [3.05, 3.63) is 85.9 Å². The highest BCUT2D eigenvalue weighted by atomic mass is 127. The number of rotatable bonds is 5. The number of nitrogens with one attached hydrogen (secondary N) is 1. The highest BCUT2D eigenvalue weighted by Crippen LogP contribution is 2.45. The van der Waals surface area contributed by atoms with E-state index in [0.29, 0.717) is 22.6 Å². The number of furan rings is 1. The molecule has 1 aromatic heterocycles. The minimum absolute atomic E-state index is 0.0268. The van der Waals surface area contributed by atoms with Crippen LogP contribution in [0.3, 0.4) is 0 Å². The molecule has 2 aromatic carbocycles. The summed E-state index contributed by atoms with van der Waals surface area (Å²) < 4.78 is 33.3. The molecule has 4 rings (SSSR count). The molecule has 166 valence electrons. The van der Waals surface area contributed by atoms with E-state index in [4.69, 9.17) is 4.42 Å². The monoisotopic (exact) mass is 550 g/mol. The smallest absolute Gasteiger partial charge is 0.251 e. The Labute approximate surface area is 197 Å². The van der Waals surface area contributed by atoms with Gasteiger partial charge in [-0.1, -0.05) is 0 Å². The number of hydrogen-bond donors (Lipinski definition) is 1. The van der Waals surface area contributed by atoms with E-state index in [2.05, 4.69) is 27.9 Å². The van der Waals surface area contributed by atoms with Crippen molar-refractivity contribution in [2.75, 3.05) is 4.90 Å². The lowest BCUT2D eigenvalue weighted by Crippen LogP contribution is -2.35. The Morgan fingerprint density at radius 1 is 1.12 bits per heavy atom. The molecule has 2 heterocycles. The van der Waals surface area contributed by atoms with Crippen LogP contribution in [0.5, 0.6) is 0 Å². The van der Waals surface area contributed by atoms with Gasteiger partial charge < -0.3 is 14.6 Å². The molecular weight excluding hydrogens is 529 g/mol. The average molecular weight is 550 g/mol. The Hall–Kier alpha value is -2.75. The summed E-state index contributed by atoms with van der Waals surface area (Å²) in [6, 6.07) is 10.2. The van der Waals surface area contributed by atoms with Crippen molar-refractivity contribution in [2.45, 2.75) is 39.3 Å². The summed E-state index contributed by atoms with van der Waals surface area (Å²) >= 11 is 2.13. The third kappa shape index (κ3) is 4.15. The second-order valence-electron chi connectivity index (χ2n) is 8.34. The Morgan fingerprint density at radius 3 is 2.44 bits per heavy atom. The van der Waals surface area contributed by atoms with E-state index in [1.54, 1.807) is 17.0 Å². The van der Waals surface area contributed by atoms with Crippen LogP contribution < -0.4 is 10.2 Å². The lowest BCUT2D eigenvalue weighted by molar-refractivity contribution is -0.122. The fraction of sp³-hybridized carbons (Fsp3) is 0.250. The molecule has 0 saturated heterocycles. The normalized spacial score (nSPS) is 14.6. The summed E-state index contributed by atoms with van der Waals surface area (Å²) in [5, 5.41) is 2.69. The average Bonchev–Trinajstić information content (AvgIpc) is 3.20. The summed E-state index contributed by atoms with van der Waals surface area (Å²) in [7, 11) is 0. The number of aryl methyl sites for hydroxylation is 1. The molecule has 0 unspecified atom stereocenters. The first-order chi connectivity index (χ1) is 15.1. The van der Waals surface area contributed by atoms with Crippen LogP contribution in [0.25, 0.3) is 0 Å². The molecule has 1 N–H and O–H groups in total. The quantitative estimate of drug-likeness (QED) is 0.443. The lowest BCUT2D eigenvalue weighted by atomic mass is 9.86. The first-order valence-corrected chi connectivity index (χ1v) is 11.1. The van der Waals surface area contributed by atoms with Crippen LogP contribution in [0.2, 0.25) is 0 Å². The predicted octanol–water partition coefficient (Wildman–Crippen LogP) is 5.23. The van der Waals surface area contributed by atoms with Crippen molar-refractivity contribution in [2.24, 2.45) is 0 Å². The fourth-order valence-corrected chi connectivity index (χ4v) is 5.27. The van der Waals surface area contributed by atoms with Gasteiger partial charge in [-0.3, -0.25) is 9.59 Å². The standard InChI is InChI=1S/C24H21F2IN2O3/c1-13-4-5-18(32-13)12-29-20-9-15(8-19(27)21(20)24(2,3)23(29)31)22(30)28-11-14-6-16(25)10-17(26)7-14/h4-10H,11-12H2,1-3H3,(H,28,30). The second kappa shape index (κ2) is 8.31. The number of hydrogen-bond acceptors (Lipinski definition) is 3. The summed E-state index contributed by atoms with van der Waals surface area (Å²) in [6.45, 7) is 5.79. The number of carbonyl (C=O) groups excluding carboxylic acids is 2. The maximum absolute atomic E-state index is 13.4. The number of anilines is 1. The molecule has 0 atom stereocenters. The van der Waals surface area contributed by atoms with Gasteiger partial charge in [0.05, 0.1) is 17.6 Å². The van der Waals surface area contributed by atoms with Gasteiger partial charge in [0.15, 0.2) is 0 Å². The van der Waals surface area contributed by atoms with Crippen molar-refractivity contribution < 1.29 is 22.8 Å². The number of halogens is 3.